The summed E-state index contributed by atoms with van der Waals surface area (Å²) in [4.78, 5) is 61.2. The first kappa shape index (κ1) is 31.7. The summed E-state index contributed by atoms with van der Waals surface area (Å²) >= 11 is 0. The fourth-order valence-electron chi connectivity index (χ4n) is 7.67. The van der Waals surface area contributed by atoms with Crippen LogP contribution in [0.25, 0.3) is 0 Å². The lowest BCUT2D eigenvalue weighted by atomic mass is 9.77. The first-order valence-electron chi connectivity index (χ1n) is 15.9. The van der Waals surface area contributed by atoms with Gasteiger partial charge in [0.15, 0.2) is 0 Å². The maximum Gasteiger partial charge on any atom is 0.313 e. The lowest BCUT2D eigenvalue weighted by Crippen LogP contribution is -2.56. The summed E-state index contributed by atoms with van der Waals surface area (Å²) in [6, 6.07) is 13.4. The van der Waals surface area contributed by atoms with Gasteiger partial charge in [-0.25, -0.2) is 0 Å². The molecule has 242 valence electrons. The zero-order valence-electron chi connectivity index (χ0n) is 26.7. The number of nitrogens with zero attached hydrogens (tertiary/aromatic N) is 3. The number of benzene rings is 2. The number of β-amino-alcohol motifs (C(OH)–C–C–N with tert-alkyl or cyclic N) is 1. The Bertz CT molecular complexity index is 1570. The van der Waals surface area contributed by atoms with Gasteiger partial charge < -0.3 is 29.3 Å². The van der Waals surface area contributed by atoms with Gasteiger partial charge in [0.05, 0.1) is 24.7 Å². The summed E-state index contributed by atoms with van der Waals surface area (Å²) in [6.45, 7) is 5.50. The van der Waals surface area contributed by atoms with Gasteiger partial charge in [-0.15, -0.1) is 0 Å². The van der Waals surface area contributed by atoms with Crippen molar-refractivity contribution < 1.29 is 33.8 Å². The van der Waals surface area contributed by atoms with Crippen molar-refractivity contribution in [1.82, 2.24) is 9.80 Å². The molecule has 0 radical (unpaired) electrons. The van der Waals surface area contributed by atoms with Crippen LogP contribution in [0.5, 0.6) is 0 Å². The van der Waals surface area contributed by atoms with E-state index in [9.17, 15) is 24.3 Å². The topological polar surface area (TPSA) is 117 Å². The third kappa shape index (κ3) is 5.13. The molecule has 4 aliphatic heterocycles. The second kappa shape index (κ2) is 12.5. The number of fused-ring (bicyclic) bond motifs is 2. The lowest BCUT2D eigenvalue weighted by Gasteiger charge is -2.36. The number of likely N-dealkylation sites (tertiary alicyclic amines) is 1. The maximum atomic E-state index is 14.6. The summed E-state index contributed by atoms with van der Waals surface area (Å²) in [7, 11) is 1.70. The number of likely N-dealkylation sites (N-methyl/N-ethyl adjacent to an activating group) is 1. The van der Waals surface area contributed by atoms with E-state index in [0.717, 1.165) is 16.8 Å². The summed E-state index contributed by atoms with van der Waals surface area (Å²) in [6.07, 6.45) is 6.08. The first-order chi connectivity index (χ1) is 22.1. The Labute approximate surface area is 269 Å². The fraction of sp³-hybridized carbons (Fsp3) is 0.444. The van der Waals surface area contributed by atoms with Crippen LogP contribution in [-0.2, 0) is 28.7 Å². The van der Waals surface area contributed by atoms with Crippen LogP contribution in [0.2, 0.25) is 0 Å². The van der Waals surface area contributed by atoms with E-state index in [1.165, 1.54) is 4.90 Å². The van der Waals surface area contributed by atoms with Crippen LogP contribution in [-0.4, -0.2) is 89.1 Å². The number of ether oxygens (including phenoxy) is 2. The molecule has 3 amide bonds. The normalized spacial score (nSPS) is 32.2. The Balaban J connectivity index is 1.45. The van der Waals surface area contributed by atoms with Gasteiger partial charge in [0, 0.05) is 32.2 Å². The average molecular weight is 628 g/mol. The molecule has 0 bridgehead atoms. The van der Waals surface area contributed by atoms with E-state index in [1.54, 1.807) is 35.1 Å². The number of aryl methyl sites for hydroxylation is 2. The van der Waals surface area contributed by atoms with Crippen LogP contribution in [0.15, 0.2) is 72.8 Å². The Hall–Kier alpha value is -4.28. The number of allylic oxidation sites excluding steroid dienone is 1. The van der Waals surface area contributed by atoms with Gasteiger partial charge in [-0.2, -0.15) is 0 Å². The molecule has 0 aliphatic carbocycles. The first-order valence-corrected chi connectivity index (χ1v) is 15.9. The van der Waals surface area contributed by atoms with Crippen molar-refractivity contribution in [2.24, 2.45) is 11.8 Å². The fourth-order valence-corrected chi connectivity index (χ4v) is 7.67. The zero-order valence-corrected chi connectivity index (χ0v) is 26.7. The molecule has 2 fully saturated rings. The maximum absolute atomic E-state index is 14.6. The highest BCUT2D eigenvalue weighted by Crippen LogP contribution is 2.53. The third-order valence-corrected chi connectivity index (χ3v) is 9.98. The van der Waals surface area contributed by atoms with Gasteiger partial charge >= 0.3 is 5.97 Å². The Morgan fingerprint density at radius 3 is 2.37 bits per heavy atom. The molecule has 10 heteroatoms. The highest BCUT2D eigenvalue weighted by atomic mass is 16.6. The van der Waals surface area contributed by atoms with Crippen molar-refractivity contribution in [3.8, 4) is 0 Å². The van der Waals surface area contributed by atoms with Gasteiger partial charge in [0.25, 0.3) is 5.91 Å². The molecule has 4 heterocycles. The minimum Gasteiger partial charge on any atom is -0.455 e. The van der Waals surface area contributed by atoms with Crippen molar-refractivity contribution in [3.63, 3.8) is 0 Å². The Kier molecular flexibility index (Phi) is 8.60. The van der Waals surface area contributed by atoms with Crippen molar-refractivity contribution in [2.75, 3.05) is 31.6 Å². The number of carbonyl (C=O) groups excluding carboxylic acids is 4. The smallest absolute Gasteiger partial charge is 0.313 e. The van der Waals surface area contributed by atoms with Gasteiger partial charge in [-0.1, -0.05) is 72.8 Å². The largest absolute Gasteiger partial charge is 0.455 e. The molecule has 2 aromatic carbocycles. The van der Waals surface area contributed by atoms with Crippen LogP contribution >= 0.6 is 0 Å². The van der Waals surface area contributed by atoms with Gasteiger partial charge in [-0.05, 0) is 43.9 Å². The molecule has 1 spiro atoms. The van der Waals surface area contributed by atoms with Crippen molar-refractivity contribution in [1.29, 1.82) is 0 Å². The van der Waals surface area contributed by atoms with E-state index >= 15 is 0 Å². The van der Waals surface area contributed by atoms with Gasteiger partial charge in [0.2, 0.25) is 11.8 Å². The number of aliphatic hydroxyl groups excluding tert-OH is 1. The van der Waals surface area contributed by atoms with E-state index in [1.807, 2.05) is 75.4 Å². The summed E-state index contributed by atoms with van der Waals surface area (Å²) < 4.78 is 13.0. The standard InChI is InChI=1S/C36H41N3O7/c1-22-12-10-13-23(2)30(22)38-19-11-18-36-29(33(42)39(20-21-40)32(36)34(38)43)28-26(46-36)16-8-9-17-27(41)37(4)24(3)31(45-35(28)44)25-14-6-5-7-15-25/h5-8,10-16,18,24,26,28-29,31-32,40H,9,17,19-21H2,1-4H3/b16-8-/t24-,26-,28+,29+,31+,32-,36+/m1/s1. The molecule has 6 rings (SSSR count). The molecule has 4 aliphatic rings. The number of anilines is 1. The minimum absolute atomic E-state index is 0.0900. The number of cyclic esters (lactones) is 1. The molecule has 10 nitrogen and oxygen atoms in total. The van der Waals surface area contributed by atoms with Crippen LogP contribution in [0, 0.1) is 25.7 Å². The Morgan fingerprint density at radius 2 is 1.67 bits per heavy atom. The van der Waals surface area contributed by atoms with E-state index in [2.05, 4.69) is 0 Å². The molecule has 2 saturated heterocycles. The monoisotopic (exact) mass is 627 g/mol. The molecule has 1 N–H and O–H groups in total. The molecule has 2 aromatic rings. The highest BCUT2D eigenvalue weighted by Gasteiger charge is 2.72. The quantitative estimate of drug-likeness (QED) is 0.409. The van der Waals surface area contributed by atoms with E-state index in [0.29, 0.717) is 12.0 Å². The van der Waals surface area contributed by atoms with Crippen LogP contribution in [0.4, 0.5) is 5.69 Å². The third-order valence-electron chi connectivity index (χ3n) is 9.98. The van der Waals surface area contributed by atoms with Crippen LogP contribution in [0.1, 0.15) is 42.6 Å². The number of para-hydroxylation sites is 1. The van der Waals surface area contributed by atoms with Crippen molar-refractivity contribution >= 4 is 29.4 Å². The van der Waals surface area contributed by atoms with Crippen LogP contribution < -0.4 is 4.90 Å². The number of hydrogen-bond donors (Lipinski definition) is 1. The number of carbonyl (C=O) groups is 4. The second-order valence-electron chi connectivity index (χ2n) is 12.7. The van der Waals surface area contributed by atoms with E-state index in [4.69, 9.17) is 9.47 Å². The van der Waals surface area contributed by atoms with Gasteiger partial charge in [-0.3, -0.25) is 19.2 Å². The van der Waals surface area contributed by atoms with Gasteiger partial charge in [0.1, 0.15) is 23.7 Å². The zero-order chi connectivity index (χ0) is 32.7. The van der Waals surface area contributed by atoms with Crippen molar-refractivity contribution in [3.05, 3.63) is 89.5 Å². The number of amides is 3. The summed E-state index contributed by atoms with van der Waals surface area (Å²) in [5, 5.41) is 10.0. The van der Waals surface area contributed by atoms with Crippen LogP contribution in [0.3, 0.4) is 0 Å². The SMILES string of the molecule is Cc1cccc(C)c1N1CC=C[C@]23O[C@@H]4/C=C\CCC(=O)N(C)[C@H](C)[C@@H](c5ccccc5)OC(=O)[C@@H]4[C@H]2C(=O)N(CCO)[C@@H]3C1=O. The number of hydrogen-bond acceptors (Lipinski definition) is 7. The van der Waals surface area contributed by atoms with E-state index < -0.39 is 53.6 Å². The summed E-state index contributed by atoms with van der Waals surface area (Å²) in [5.41, 5.74) is 1.81. The molecule has 0 unspecified atom stereocenters. The predicted octanol–water partition coefficient (Wildman–Crippen LogP) is 3.26. The molecular weight excluding hydrogens is 586 g/mol. The Morgan fingerprint density at radius 1 is 0.957 bits per heavy atom. The summed E-state index contributed by atoms with van der Waals surface area (Å²) in [5.74, 6) is -3.66. The number of aliphatic hydroxyl groups is 1. The molecule has 46 heavy (non-hydrogen) atoms. The highest BCUT2D eigenvalue weighted by molar-refractivity contribution is 6.06. The molecule has 0 saturated carbocycles. The molecular formula is C36H41N3O7. The number of rotatable bonds is 4. The molecule has 7 atom stereocenters. The second-order valence-corrected chi connectivity index (χ2v) is 12.7. The number of esters is 1. The predicted molar refractivity (Wildman–Crippen MR) is 170 cm³/mol. The van der Waals surface area contributed by atoms with E-state index in [-0.39, 0.29) is 37.9 Å². The average Bonchev–Trinajstić information content (AvgIpc) is 3.42. The minimum atomic E-state index is -1.48. The lowest BCUT2D eigenvalue weighted by molar-refractivity contribution is -0.164. The molecule has 0 aromatic heterocycles. The van der Waals surface area contributed by atoms with Crippen molar-refractivity contribution in [2.45, 2.75) is 63.5 Å².